The van der Waals surface area contributed by atoms with E-state index in [9.17, 15) is 4.79 Å². The molecule has 25 heavy (non-hydrogen) atoms. The molecule has 0 fully saturated rings. The molecular formula is C20H16N2O2S. The van der Waals surface area contributed by atoms with Gasteiger partial charge in [-0.2, -0.15) is 0 Å². The zero-order valence-corrected chi connectivity index (χ0v) is 14.7. The summed E-state index contributed by atoms with van der Waals surface area (Å²) in [6.45, 7) is 4.12. The molecule has 4 nitrogen and oxygen atoms in total. The van der Waals surface area contributed by atoms with Crippen molar-refractivity contribution in [1.82, 2.24) is 4.98 Å². The molecule has 0 saturated carbocycles. The Morgan fingerprint density at radius 1 is 1.08 bits per heavy atom. The normalized spacial score (nSPS) is 11.0. The molecule has 2 aromatic heterocycles. The van der Waals surface area contributed by atoms with Gasteiger partial charge in [-0.25, -0.2) is 9.78 Å². The number of rotatable bonds is 3. The minimum absolute atomic E-state index is 0.373. The van der Waals surface area contributed by atoms with E-state index in [1.165, 1.54) is 16.9 Å². The van der Waals surface area contributed by atoms with Gasteiger partial charge in [-0.1, -0.05) is 35.9 Å². The van der Waals surface area contributed by atoms with Gasteiger partial charge in [0.1, 0.15) is 5.58 Å². The fraction of sp³-hybridized carbons (Fsp3) is 0.100. The van der Waals surface area contributed by atoms with Crippen LogP contribution >= 0.6 is 11.3 Å². The highest BCUT2D eigenvalue weighted by molar-refractivity contribution is 7.14. The molecule has 0 bridgehead atoms. The number of hydrogen-bond acceptors (Lipinski definition) is 5. The van der Waals surface area contributed by atoms with Crippen LogP contribution in [0.4, 0.5) is 10.8 Å². The third-order valence-electron chi connectivity index (χ3n) is 4.05. The first-order chi connectivity index (χ1) is 12.1. The lowest BCUT2D eigenvalue weighted by Gasteiger charge is -2.07. The molecule has 0 atom stereocenters. The van der Waals surface area contributed by atoms with E-state index in [0.717, 1.165) is 21.8 Å². The highest BCUT2D eigenvalue weighted by Gasteiger charge is 2.12. The van der Waals surface area contributed by atoms with E-state index in [1.807, 2.05) is 35.7 Å². The Morgan fingerprint density at radius 2 is 1.92 bits per heavy atom. The van der Waals surface area contributed by atoms with Gasteiger partial charge in [0.2, 0.25) is 0 Å². The van der Waals surface area contributed by atoms with Crippen molar-refractivity contribution >= 4 is 33.1 Å². The highest BCUT2D eigenvalue weighted by atomic mass is 32.1. The zero-order chi connectivity index (χ0) is 17.4. The molecule has 1 N–H and O–H groups in total. The van der Waals surface area contributed by atoms with Crippen LogP contribution in [0.3, 0.4) is 0 Å². The van der Waals surface area contributed by atoms with Crippen molar-refractivity contribution in [3.8, 4) is 11.3 Å². The van der Waals surface area contributed by atoms with Gasteiger partial charge >= 0.3 is 5.63 Å². The third-order valence-corrected chi connectivity index (χ3v) is 4.80. The van der Waals surface area contributed by atoms with Crippen LogP contribution in [0.25, 0.3) is 22.2 Å². The van der Waals surface area contributed by atoms with E-state index in [2.05, 4.69) is 36.3 Å². The number of fused-ring (bicyclic) bond motifs is 1. The van der Waals surface area contributed by atoms with Crippen molar-refractivity contribution in [3.05, 3.63) is 75.5 Å². The Labute approximate surface area is 148 Å². The Hall–Kier alpha value is -2.92. The van der Waals surface area contributed by atoms with Gasteiger partial charge in [0.15, 0.2) is 5.13 Å². The molecule has 5 heteroatoms. The van der Waals surface area contributed by atoms with E-state index in [1.54, 1.807) is 6.07 Å². The van der Waals surface area contributed by atoms with Crippen LogP contribution in [-0.2, 0) is 0 Å². The second-order valence-corrected chi connectivity index (χ2v) is 6.82. The summed E-state index contributed by atoms with van der Waals surface area (Å²) in [6.07, 6.45) is 0. The third kappa shape index (κ3) is 3.06. The molecule has 0 aliphatic heterocycles. The summed E-state index contributed by atoms with van der Waals surface area (Å²) in [6, 6.07) is 15.5. The summed E-state index contributed by atoms with van der Waals surface area (Å²) in [7, 11) is 0. The van der Waals surface area contributed by atoms with Gasteiger partial charge < -0.3 is 9.73 Å². The van der Waals surface area contributed by atoms with Crippen molar-refractivity contribution in [2.75, 3.05) is 5.32 Å². The summed E-state index contributed by atoms with van der Waals surface area (Å²) in [4.78, 5) is 16.8. The number of anilines is 2. The highest BCUT2D eigenvalue weighted by Crippen LogP contribution is 2.28. The SMILES string of the molecule is Cc1ccc(Nc2nc(-c3cc4ccccc4oc3=O)cs2)c(C)c1. The van der Waals surface area contributed by atoms with Crippen LogP contribution in [0.15, 0.2) is 63.1 Å². The fourth-order valence-electron chi connectivity index (χ4n) is 2.76. The van der Waals surface area contributed by atoms with Gasteiger partial charge in [0.25, 0.3) is 0 Å². The lowest BCUT2D eigenvalue weighted by Crippen LogP contribution is -2.03. The molecule has 4 aromatic rings. The van der Waals surface area contributed by atoms with E-state index >= 15 is 0 Å². The molecule has 0 unspecified atom stereocenters. The molecule has 0 aliphatic rings. The first-order valence-corrected chi connectivity index (χ1v) is 8.81. The zero-order valence-electron chi connectivity index (χ0n) is 13.9. The van der Waals surface area contributed by atoms with Crippen molar-refractivity contribution < 1.29 is 4.42 Å². The number of thiazole rings is 1. The minimum Gasteiger partial charge on any atom is -0.422 e. The smallest absolute Gasteiger partial charge is 0.345 e. The van der Waals surface area contributed by atoms with E-state index in [-0.39, 0.29) is 5.63 Å². The molecule has 2 heterocycles. The number of nitrogens with zero attached hydrogens (tertiary/aromatic N) is 1. The van der Waals surface area contributed by atoms with Crippen molar-refractivity contribution in [2.45, 2.75) is 13.8 Å². The fourth-order valence-corrected chi connectivity index (χ4v) is 3.49. The second kappa shape index (κ2) is 6.18. The standard InChI is InChI=1S/C20H16N2O2S/c1-12-7-8-16(13(2)9-12)21-20-22-17(11-25-20)15-10-14-5-3-4-6-18(14)24-19(15)23/h3-11H,1-2H3,(H,21,22). The van der Waals surface area contributed by atoms with Gasteiger partial charge in [-0.15, -0.1) is 11.3 Å². The number of para-hydroxylation sites is 1. The van der Waals surface area contributed by atoms with Gasteiger partial charge in [0.05, 0.1) is 11.3 Å². The maximum atomic E-state index is 12.3. The van der Waals surface area contributed by atoms with Gasteiger partial charge in [0, 0.05) is 16.5 Å². The number of nitrogens with one attached hydrogen (secondary N) is 1. The summed E-state index contributed by atoms with van der Waals surface area (Å²) in [5.41, 5.74) is 4.69. The van der Waals surface area contributed by atoms with E-state index in [0.29, 0.717) is 16.8 Å². The topological polar surface area (TPSA) is 55.1 Å². The van der Waals surface area contributed by atoms with Crippen LogP contribution < -0.4 is 10.9 Å². The summed E-state index contributed by atoms with van der Waals surface area (Å²) >= 11 is 1.46. The second-order valence-electron chi connectivity index (χ2n) is 5.97. The molecule has 2 aromatic carbocycles. The largest absolute Gasteiger partial charge is 0.422 e. The number of benzene rings is 2. The summed E-state index contributed by atoms with van der Waals surface area (Å²) in [5, 5.41) is 6.82. The van der Waals surface area contributed by atoms with Crippen LogP contribution in [0.2, 0.25) is 0 Å². The molecular weight excluding hydrogens is 332 g/mol. The lowest BCUT2D eigenvalue weighted by molar-refractivity contribution is 0.563. The molecule has 124 valence electrons. The maximum absolute atomic E-state index is 12.3. The molecule has 4 rings (SSSR count). The lowest BCUT2D eigenvalue weighted by atomic mass is 10.1. The van der Waals surface area contributed by atoms with E-state index in [4.69, 9.17) is 4.42 Å². The van der Waals surface area contributed by atoms with E-state index < -0.39 is 0 Å². The Morgan fingerprint density at radius 3 is 2.76 bits per heavy atom. The van der Waals surface area contributed by atoms with Crippen molar-refractivity contribution in [2.24, 2.45) is 0 Å². The maximum Gasteiger partial charge on any atom is 0.345 e. The van der Waals surface area contributed by atoms with Gasteiger partial charge in [-0.05, 0) is 37.6 Å². The number of hydrogen-bond donors (Lipinski definition) is 1. The Bertz CT molecular complexity index is 1130. The quantitative estimate of drug-likeness (QED) is 0.512. The first kappa shape index (κ1) is 15.6. The summed E-state index contributed by atoms with van der Waals surface area (Å²) in [5.74, 6) is 0. The van der Waals surface area contributed by atoms with Crippen LogP contribution in [0, 0.1) is 13.8 Å². The monoisotopic (exact) mass is 348 g/mol. The molecule has 0 spiro atoms. The average molecular weight is 348 g/mol. The van der Waals surface area contributed by atoms with Crippen molar-refractivity contribution in [1.29, 1.82) is 0 Å². The first-order valence-electron chi connectivity index (χ1n) is 7.93. The molecule has 0 aliphatic carbocycles. The number of aryl methyl sites for hydroxylation is 2. The Balaban J connectivity index is 1.69. The molecule has 0 saturated heterocycles. The van der Waals surface area contributed by atoms with Crippen LogP contribution in [-0.4, -0.2) is 4.98 Å². The average Bonchev–Trinajstić information content (AvgIpc) is 3.05. The number of aromatic nitrogens is 1. The molecule has 0 radical (unpaired) electrons. The summed E-state index contributed by atoms with van der Waals surface area (Å²) < 4.78 is 5.40. The predicted octanol–water partition coefficient (Wildman–Crippen LogP) is 5.28. The predicted molar refractivity (Wildman–Crippen MR) is 103 cm³/mol. The molecule has 0 amide bonds. The van der Waals surface area contributed by atoms with Crippen LogP contribution in [0.1, 0.15) is 11.1 Å². The van der Waals surface area contributed by atoms with Gasteiger partial charge in [-0.3, -0.25) is 0 Å². The van der Waals surface area contributed by atoms with Crippen LogP contribution in [0.5, 0.6) is 0 Å². The minimum atomic E-state index is -0.373. The Kier molecular flexibility index (Phi) is 3.86. The van der Waals surface area contributed by atoms with Crippen molar-refractivity contribution in [3.63, 3.8) is 0 Å².